The molecule has 1 aliphatic heterocycles. The highest BCUT2D eigenvalue weighted by Gasteiger charge is 2.40. The summed E-state index contributed by atoms with van der Waals surface area (Å²) in [5.41, 5.74) is 3.67. The quantitative estimate of drug-likeness (QED) is 0.443. The first-order valence-electron chi connectivity index (χ1n) is 12.1. The van der Waals surface area contributed by atoms with Gasteiger partial charge < -0.3 is 9.64 Å². The van der Waals surface area contributed by atoms with Crippen molar-refractivity contribution in [2.24, 2.45) is 0 Å². The maximum Gasteiger partial charge on any atom is 0.331 e. The second-order valence-electron chi connectivity index (χ2n) is 9.97. The average molecular weight is 486 g/mol. The van der Waals surface area contributed by atoms with Crippen molar-refractivity contribution >= 4 is 28.7 Å². The Labute approximate surface area is 207 Å². The summed E-state index contributed by atoms with van der Waals surface area (Å²) >= 11 is 0. The number of carbonyl (C=O) groups is 2. The Morgan fingerprint density at radius 1 is 1.19 bits per heavy atom. The molecular weight excluding hydrogens is 458 g/mol. The fraction of sp³-hybridized carbons (Fsp3) is 0.346. The third-order valence-corrected chi connectivity index (χ3v) is 7.31. The van der Waals surface area contributed by atoms with Gasteiger partial charge in [0.2, 0.25) is 11.8 Å². The number of hydrogen-bond donors (Lipinski definition) is 2. The maximum atomic E-state index is 12.9. The Hall–Kier alpha value is -4.21. The number of benzene rings is 1. The highest BCUT2D eigenvalue weighted by atomic mass is 16.5. The number of aromatic amines is 1. The molecule has 0 spiro atoms. The Morgan fingerprint density at radius 3 is 2.81 bits per heavy atom. The van der Waals surface area contributed by atoms with E-state index in [0.29, 0.717) is 30.4 Å². The van der Waals surface area contributed by atoms with Crippen molar-refractivity contribution < 1.29 is 14.3 Å². The van der Waals surface area contributed by atoms with Crippen LogP contribution in [0.4, 0.5) is 10.6 Å². The van der Waals surface area contributed by atoms with Gasteiger partial charge in [0.15, 0.2) is 5.82 Å². The number of anilines is 1. The van der Waals surface area contributed by atoms with Crippen molar-refractivity contribution in [1.29, 1.82) is 0 Å². The van der Waals surface area contributed by atoms with E-state index in [1.165, 1.54) is 6.33 Å². The summed E-state index contributed by atoms with van der Waals surface area (Å²) in [4.78, 5) is 35.4. The van der Waals surface area contributed by atoms with Gasteiger partial charge in [0, 0.05) is 47.3 Å². The molecule has 4 heterocycles. The third kappa shape index (κ3) is 3.88. The van der Waals surface area contributed by atoms with E-state index in [1.54, 1.807) is 22.6 Å². The minimum atomic E-state index is -0.286. The first-order valence-corrected chi connectivity index (χ1v) is 12.1. The lowest BCUT2D eigenvalue weighted by Gasteiger charge is -2.33. The van der Waals surface area contributed by atoms with Crippen LogP contribution in [0, 0.1) is 0 Å². The van der Waals surface area contributed by atoms with Crippen molar-refractivity contribution in [2.75, 3.05) is 5.32 Å². The molecule has 1 aliphatic carbocycles. The zero-order chi connectivity index (χ0) is 25.0. The van der Waals surface area contributed by atoms with Crippen molar-refractivity contribution in [3.8, 4) is 11.6 Å². The Bertz CT molecular complexity index is 1500. The van der Waals surface area contributed by atoms with Gasteiger partial charge in [0.05, 0.1) is 17.8 Å². The molecule has 1 saturated carbocycles. The van der Waals surface area contributed by atoms with Crippen LogP contribution in [-0.2, 0) is 23.2 Å². The first-order chi connectivity index (χ1) is 17.3. The van der Waals surface area contributed by atoms with Gasteiger partial charge in [-0.05, 0) is 50.5 Å². The summed E-state index contributed by atoms with van der Waals surface area (Å²) in [5.74, 6) is 1.64. The normalized spacial score (nSPS) is 18.1. The SMILES string of the molecule is CC(=O)N1Cc2ncnc(Oc3ccc4c(ccn4C(=O)Nc4cc(C5(C)CC5)[nH]n4)c3)c2CC1C. The van der Waals surface area contributed by atoms with Crippen molar-refractivity contribution in [1.82, 2.24) is 29.6 Å². The van der Waals surface area contributed by atoms with Crippen LogP contribution in [0.5, 0.6) is 11.6 Å². The van der Waals surface area contributed by atoms with Crippen LogP contribution in [0.3, 0.4) is 0 Å². The molecule has 0 radical (unpaired) electrons. The van der Waals surface area contributed by atoms with E-state index in [-0.39, 0.29) is 23.4 Å². The number of H-pyrrole nitrogens is 1. The molecule has 1 aromatic carbocycles. The van der Waals surface area contributed by atoms with Crippen molar-refractivity contribution in [3.63, 3.8) is 0 Å². The van der Waals surface area contributed by atoms with E-state index < -0.39 is 0 Å². The predicted octanol–water partition coefficient (Wildman–Crippen LogP) is 4.37. The molecule has 3 aromatic heterocycles. The van der Waals surface area contributed by atoms with Gasteiger partial charge in [-0.2, -0.15) is 5.10 Å². The number of rotatable bonds is 4. The van der Waals surface area contributed by atoms with Crippen LogP contribution in [0.1, 0.15) is 50.6 Å². The number of ether oxygens (including phenoxy) is 1. The number of nitrogens with zero attached hydrogens (tertiary/aromatic N) is 5. The summed E-state index contributed by atoms with van der Waals surface area (Å²) in [6.07, 6.45) is 6.07. The second-order valence-corrected chi connectivity index (χ2v) is 9.97. The molecule has 10 nitrogen and oxygen atoms in total. The molecule has 36 heavy (non-hydrogen) atoms. The molecule has 1 fully saturated rings. The fourth-order valence-corrected chi connectivity index (χ4v) is 4.80. The molecule has 2 aliphatic rings. The lowest BCUT2D eigenvalue weighted by atomic mass is 9.99. The van der Waals surface area contributed by atoms with Crippen LogP contribution in [-0.4, -0.2) is 47.6 Å². The third-order valence-electron chi connectivity index (χ3n) is 7.31. The smallest absolute Gasteiger partial charge is 0.331 e. The van der Waals surface area contributed by atoms with Crippen molar-refractivity contribution in [2.45, 2.75) is 58.0 Å². The highest BCUT2D eigenvalue weighted by molar-refractivity contribution is 5.98. The Morgan fingerprint density at radius 2 is 2.03 bits per heavy atom. The molecule has 2 amide bonds. The zero-order valence-corrected chi connectivity index (χ0v) is 20.4. The highest BCUT2D eigenvalue weighted by Crippen LogP contribution is 2.47. The van der Waals surface area contributed by atoms with Crippen molar-refractivity contribution in [3.05, 3.63) is 59.8 Å². The molecule has 1 atom stereocenters. The minimum absolute atomic E-state index is 0.0261. The van der Waals surface area contributed by atoms with Gasteiger partial charge in [-0.25, -0.2) is 14.8 Å². The number of carbonyl (C=O) groups excluding carboxylic acids is 2. The van der Waals surface area contributed by atoms with Crippen LogP contribution in [0.25, 0.3) is 10.9 Å². The van der Waals surface area contributed by atoms with Gasteiger partial charge in [-0.3, -0.25) is 19.8 Å². The van der Waals surface area contributed by atoms with Gasteiger partial charge in [0.1, 0.15) is 12.1 Å². The number of nitrogens with one attached hydrogen (secondary N) is 2. The lowest BCUT2D eigenvalue weighted by Crippen LogP contribution is -2.41. The van der Waals surface area contributed by atoms with Crippen LogP contribution < -0.4 is 10.1 Å². The molecule has 0 saturated heterocycles. The summed E-state index contributed by atoms with van der Waals surface area (Å²) in [7, 11) is 0. The number of aromatic nitrogens is 5. The largest absolute Gasteiger partial charge is 0.439 e. The molecule has 0 bridgehead atoms. The summed E-state index contributed by atoms with van der Waals surface area (Å²) in [6, 6.07) is 9.06. The standard InChI is InChI=1S/C26H27N7O3/c1-15-10-19-20(13-33(15)16(2)34)27-14-28-24(19)36-18-4-5-21-17(11-18)6-9-32(21)25(35)29-23-12-22(30-31-23)26(3)7-8-26/h4-6,9,11-12,14-15H,7-8,10,13H2,1-3H3,(H2,29,30,31,35). The molecule has 10 heteroatoms. The molecule has 2 N–H and O–H groups in total. The van der Waals surface area contributed by atoms with Crippen LogP contribution in [0.15, 0.2) is 42.9 Å². The van der Waals surface area contributed by atoms with Gasteiger partial charge in [0.25, 0.3) is 0 Å². The van der Waals surface area contributed by atoms with E-state index in [0.717, 1.165) is 40.7 Å². The zero-order valence-electron chi connectivity index (χ0n) is 20.4. The molecule has 6 rings (SSSR count). The summed E-state index contributed by atoms with van der Waals surface area (Å²) < 4.78 is 7.71. The Kier molecular flexibility index (Phi) is 5.06. The van der Waals surface area contributed by atoms with Crippen LogP contribution >= 0.6 is 0 Å². The van der Waals surface area contributed by atoms with Crippen LogP contribution in [0.2, 0.25) is 0 Å². The van der Waals surface area contributed by atoms with E-state index in [4.69, 9.17) is 4.74 Å². The minimum Gasteiger partial charge on any atom is -0.439 e. The fourth-order valence-electron chi connectivity index (χ4n) is 4.80. The maximum absolute atomic E-state index is 12.9. The number of hydrogen-bond acceptors (Lipinski definition) is 6. The van der Waals surface area contributed by atoms with E-state index in [9.17, 15) is 9.59 Å². The molecule has 184 valence electrons. The van der Waals surface area contributed by atoms with E-state index >= 15 is 0 Å². The number of amides is 2. The first kappa shape index (κ1) is 22.3. The monoisotopic (exact) mass is 485 g/mol. The molecule has 4 aromatic rings. The van der Waals surface area contributed by atoms with E-state index in [2.05, 4.69) is 32.4 Å². The summed E-state index contributed by atoms with van der Waals surface area (Å²) in [6.45, 7) is 6.21. The summed E-state index contributed by atoms with van der Waals surface area (Å²) in [5, 5.41) is 11.0. The topological polar surface area (TPSA) is 118 Å². The van der Waals surface area contributed by atoms with Gasteiger partial charge in [-0.1, -0.05) is 6.92 Å². The van der Waals surface area contributed by atoms with Gasteiger partial charge >= 0.3 is 6.03 Å². The Balaban J connectivity index is 1.21. The predicted molar refractivity (Wildman–Crippen MR) is 133 cm³/mol. The molecule has 1 unspecified atom stereocenters. The second kappa shape index (κ2) is 8.18. The lowest BCUT2D eigenvalue weighted by molar-refractivity contribution is -0.132. The number of fused-ring (bicyclic) bond motifs is 2. The average Bonchev–Trinajstić information content (AvgIpc) is 3.24. The molecular formula is C26H27N7O3. The van der Waals surface area contributed by atoms with Gasteiger partial charge in [-0.15, -0.1) is 0 Å². The van der Waals surface area contributed by atoms with E-state index in [1.807, 2.05) is 37.3 Å².